The molecule has 0 saturated carbocycles. The van der Waals surface area contributed by atoms with Crippen molar-refractivity contribution in [1.29, 1.82) is 0 Å². The number of nitrogens with one attached hydrogen (secondary N) is 2. The molecule has 0 aliphatic rings. The maximum atomic E-state index is 12.2. The predicted octanol–water partition coefficient (Wildman–Crippen LogP) is 4.36. The van der Waals surface area contributed by atoms with E-state index in [2.05, 4.69) is 15.6 Å². The molecule has 0 radical (unpaired) electrons. The Morgan fingerprint density at radius 1 is 1.07 bits per heavy atom. The van der Waals surface area contributed by atoms with Gasteiger partial charge in [-0.05, 0) is 30.2 Å². The van der Waals surface area contributed by atoms with Crippen molar-refractivity contribution >= 4 is 11.6 Å². The van der Waals surface area contributed by atoms with E-state index in [0.29, 0.717) is 36.2 Å². The summed E-state index contributed by atoms with van der Waals surface area (Å²) in [5.74, 6) is 1.78. The van der Waals surface area contributed by atoms with E-state index < -0.39 is 12.8 Å². The molecule has 9 heteroatoms. The van der Waals surface area contributed by atoms with Gasteiger partial charge < -0.3 is 24.8 Å². The zero-order valence-corrected chi connectivity index (χ0v) is 17.2. The van der Waals surface area contributed by atoms with E-state index in [4.69, 9.17) is 14.2 Å². The van der Waals surface area contributed by atoms with Crippen LogP contribution in [0.2, 0.25) is 0 Å². The predicted molar refractivity (Wildman–Crippen MR) is 110 cm³/mol. The van der Waals surface area contributed by atoms with Gasteiger partial charge in [0.1, 0.15) is 6.61 Å². The Balaban J connectivity index is 1.94. The van der Waals surface area contributed by atoms with Gasteiger partial charge in [-0.25, -0.2) is 0 Å². The third-order valence-electron chi connectivity index (χ3n) is 3.94. The van der Waals surface area contributed by atoms with E-state index in [9.17, 15) is 13.2 Å². The highest BCUT2D eigenvalue weighted by atomic mass is 19.4. The van der Waals surface area contributed by atoms with Crippen molar-refractivity contribution in [1.82, 2.24) is 5.32 Å². The van der Waals surface area contributed by atoms with E-state index in [1.807, 2.05) is 25.1 Å². The van der Waals surface area contributed by atoms with Gasteiger partial charge >= 0.3 is 6.18 Å². The fourth-order valence-electron chi connectivity index (χ4n) is 2.64. The molecule has 2 rings (SSSR count). The van der Waals surface area contributed by atoms with Gasteiger partial charge in [0.15, 0.2) is 17.5 Å². The lowest BCUT2D eigenvalue weighted by Gasteiger charge is -2.15. The largest absolute Gasteiger partial charge is 0.493 e. The Kier molecular flexibility index (Phi) is 8.79. The summed E-state index contributed by atoms with van der Waals surface area (Å²) < 4.78 is 52.2. The van der Waals surface area contributed by atoms with Crippen LogP contribution in [0, 0.1) is 0 Å². The van der Waals surface area contributed by atoms with Gasteiger partial charge in [-0.1, -0.05) is 24.3 Å². The van der Waals surface area contributed by atoms with Crippen LogP contribution in [-0.4, -0.2) is 39.5 Å². The van der Waals surface area contributed by atoms with Gasteiger partial charge in [0, 0.05) is 25.3 Å². The Bertz CT molecular complexity index is 842. The minimum atomic E-state index is -4.33. The van der Waals surface area contributed by atoms with Crippen molar-refractivity contribution in [3.05, 3.63) is 53.6 Å². The number of rotatable bonds is 9. The maximum absolute atomic E-state index is 12.2. The van der Waals surface area contributed by atoms with E-state index in [1.165, 1.54) is 0 Å². The summed E-state index contributed by atoms with van der Waals surface area (Å²) in [6.07, 6.45) is -4.33. The minimum Gasteiger partial charge on any atom is -0.493 e. The Labute approximate surface area is 174 Å². The normalized spacial score (nSPS) is 11.9. The fraction of sp³-hybridized carbons (Fsp3) is 0.381. The number of nitrogens with zero attached hydrogens (tertiary/aromatic N) is 1. The lowest BCUT2D eigenvalue weighted by Crippen LogP contribution is -2.30. The van der Waals surface area contributed by atoms with Gasteiger partial charge in [0.05, 0.1) is 20.3 Å². The molecule has 2 N–H and O–H groups in total. The second kappa shape index (κ2) is 11.3. The topological polar surface area (TPSA) is 64.1 Å². The van der Waals surface area contributed by atoms with Crippen LogP contribution in [0.5, 0.6) is 11.5 Å². The molecule has 0 aliphatic carbocycles. The van der Waals surface area contributed by atoms with Crippen molar-refractivity contribution < 1.29 is 27.4 Å². The zero-order valence-electron chi connectivity index (χ0n) is 17.2. The first-order chi connectivity index (χ1) is 14.3. The second-order valence-corrected chi connectivity index (χ2v) is 6.28. The number of hydrogen-bond acceptors (Lipinski definition) is 4. The standard InChI is InChI=1S/C21H26F3N3O3/c1-4-30-19-11-17(8-9-18(19)28-3)27-20(25-2)26-12-15-6-5-7-16(10-15)13-29-14-21(22,23)24/h5-11H,4,12-14H2,1-3H3,(H2,25,26,27). The fourth-order valence-corrected chi connectivity index (χ4v) is 2.64. The summed E-state index contributed by atoms with van der Waals surface area (Å²) in [4.78, 5) is 4.19. The van der Waals surface area contributed by atoms with E-state index in [-0.39, 0.29) is 6.61 Å². The lowest BCUT2D eigenvalue weighted by atomic mass is 10.1. The van der Waals surface area contributed by atoms with E-state index in [1.54, 1.807) is 38.4 Å². The smallest absolute Gasteiger partial charge is 0.411 e. The molecule has 0 saturated heterocycles. The number of ether oxygens (including phenoxy) is 3. The number of benzene rings is 2. The Hall–Kier alpha value is -2.94. The first kappa shape index (κ1) is 23.3. The van der Waals surface area contributed by atoms with Crippen LogP contribution in [0.3, 0.4) is 0 Å². The number of aliphatic imine (C=N–C) groups is 1. The van der Waals surface area contributed by atoms with Crippen LogP contribution in [-0.2, 0) is 17.9 Å². The van der Waals surface area contributed by atoms with Crippen molar-refractivity contribution in [2.24, 2.45) is 4.99 Å². The van der Waals surface area contributed by atoms with Crippen molar-refractivity contribution in [3.8, 4) is 11.5 Å². The SMILES string of the molecule is CCOc1cc(NC(=NC)NCc2cccc(COCC(F)(F)F)c2)ccc1OC. The number of hydrogen-bond donors (Lipinski definition) is 2. The number of anilines is 1. The molecule has 2 aromatic carbocycles. The zero-order chi connectivity index (χ0) is 22.0. The summed E-state index contributed by atoms with van der Waals surface area (Å²) >= 11 is 0. The summed E-state index contributed by atoms with van der Waals surface area (Å²) in [5.41, 5.74) is 2.32. The molecule has 0 amide bonds. The van der Waals surface area contributed by atoms with Crippen LogP contribution in [0.25, 0.3) is 0 Å². The molecule has 0 atom stereocenters. The van der Waals surface area contributed by atoms with Crippen LogP contribution in [0.4, 0.5) is 18.9 Å². The van der Waals surface area contributed by atoms with Gasteiger partial charge in [-0.3, -0.25) is 4.99 Å². The molecular weight excluding hydrogens is 399 g/mol. The molecule has 0 heterocycles. The second-order valence-electron chi connectivity index (χ2n) is 6.28. The molecular formula is C21H26F3N3O3. The maximum Gasteiger partial charge on any atom is 0.411 e. The quantitative estimate of drug-likeness (QED) is 0.462. The van der Waals surface area contributed by atoms with Crippen molar-refractivity contribution in [2.45, 2.75) is 26.3 Å². The summed E-state index contributed by atoms with van der Waals surface area (Å²) in [6, 6.07) is 12.6. The van der Waals surface area contributed by atoms with Crippen molar-refractivity contribution in [3.63, 3.8) is 0 Å². The van der Waals surface area contributed by atoms with Gasteiger partial charge in [0.2, 0.25) is 0 Å². The molecule has 30 heavy (non-hydrogen) atoms. The summed E-state index contributed by atoms with van der Waals surface area (Å²) in [5, 5.41) is 6.34. The minimum absolute atomic E-state index is 0.105. The molecule has 2 aromatic rings. The molecule has 164 valence electrons. The third-order valence-corrected chi connectivity index (χ3v) is 3.94. The number of guanidine groups is 1. The summed E-state index contributed by atoms with van der Waals surface area (Å²) in [7, 11) is 3.22. The van der Waals surface area contributed by atoms with Gasteiger partial charge in [-0.2, -0.15) is 13.2 Å². The Morgan fingerprint density at radius 3 is 2.50 bits per heavy atom. The number of methoxy groups -OCH3 is 1. The van der Waals surface area contributed by atoms with Crippen LogP contribution >= 0.6 is 0 Å². The van der Waals surface area contributed by atoms with Crippen LogP contribution in [0.15, 0.2) is 47.5 Å². The van der Waals surface area contributed by atoms with Crippen LogP contribution in [0.1, 0.15) is 18.1 Å². The highest BCUT2D eigenvalue weighted by Crippen LogP contribution is 2.30. The third kappa shape index (κ3) is 7.82. The molecule has 0 spiro atoms. The van der Waals surface area contributed by atoms with Crippen molar-refractivity contribution in [2.75, 3.05) is 32.7 Å². The average molecular weight is 425 g/mol. The first-order valence-electron chi connectivity index (χ1n) is 9.35. The lowest BCUT2D eigenvalue weighted by molar-refractivity contribution is -0.176. The molecule has 0 unspecified atom stereocenters. The number of alkyl halides is 3. The van der Waals surface area contributed by atoms with Gasteiger partial charge in [0.25, 0.3) is 0 Å². The van der Waals surface area contributed by atoms with E-state index >= 15 is 0 Å². The Morgan fingerprint density at radius 2 is 1.83 bits per heavy atom. The van der Waals surface area contributed by atoms with Gasteiger partial charge in [-0.15, -0.1) is 0 Å². The molecule has 6 nitrogen and oxygen atoms in total. The molecule has 0 fully saturated rings. The number of halogens is 3. The monoisotopic (exact) mass is 425 g/mol. The van der Waals surface area contributed by atoms with Crippen LogP contribution < -0.4 is 20.1 Å². The highest BCUT2D eigenvalue weighted by molar-refractivity contribution is 5.93. The summed E-state index contributed by atoms with van der Waals surface area (Å²) in [6.45, 7) is 1.46. The molecule has 0 bridgehead atoms. The van der Waals surface area contributed by atoms with E-state index in [0.717, 1.165) is 11.3 Å². The highest BCUT2D eigenvalue weighted by Gasteiger charge is 2.27. The molecule has 0 aromatic heterocycles. The average Bonchev–Trinajstić information content (AvgIpc) is 2.71. The molecule has 0 aliphatic heterocycles. The first-order valence-corrected chi connectivity index (χ1v) is 9.35.